The third-order valence-electron chi connectivity index (χ3n) is 3.53. The minimum Gasteiger partial charge on any atom is -0.300 e. The summed E-state index contributed by atoms with van der Waals surface area (Å²) in [5.74, 6) is 0.346. The molecule has 1 aromatic rings. The molecule has 1 aromatic carbocycles. The zero-order chi connectivity index (χ0) is 13.5. The average molecular weight is 246 g/mol. The van der Waals surface area contributed by atoms with E-state index in [9.17, 15) is 9.59 Å². The molecule has 0 amide bonds. The zero-order valence-corrected chi connectivity index (χ0v) is 11.5. The lowest BCUT2D eigenvalue weighted by Gasteiger charge is -2.17. The monoisotopic (exact) mass is 246 g/mol. The van der Waals surface area contributed by atoms with Gasteiger partial charge in [0.15, 0.2) is 0 Å². The minimum absolute atomic E-state index is 0.00380. The first-order chi connectivity index (χ1) is 8.50. The molecule has 98 valence electrons. The smallest absolute Gasteiger partial charge is 0.132 e. The Morgan fingerprint density at radius 3 is 2.17 bits per heavy atom. The number of rotatable bonds is 7. The zero-order valence-electron chi connectivity index (χ0n) is 11.5. The van der Waals surface area contributed by atoms with E-state index in [0.29, 0.717) is 6.42 Å². The molecule has 0 saturated carbocycles. The number of ketones is 2. The summed E-state index contributed by atoms with van der Waals surface area (Å²) in [6.07, 6.45) is 2.41. The van der Waals surface area contributed by atoms with Crippen molar-refractivity contribution in [3.8, 4) is 0 Å². The van der Waals surface area contributed by atoms with Crippen molar-refractivity contribution < 1.29 is 9.59 Å². The molecule has 0 aromatic heterocycles. The standard InChI is InChI=1S/C16H22O2/c1-12(13(2)17)11-16(14(3)18)10-9-15-7-5-4-6-8-15/h4-8,12,16H,9-11H2,1-3H3/t12-,16?/m1/s1. The van der Waals surface area contributed by atoms with E-state index in [1.165, 1.54) is 5.56 Å². The fourth-order valence-electron chi connectivity index (χ4n) is 2.07. The highest BCUT2D eigenvalue weighted by Gasteiger charge is 2.19. The van der Waals surface area contributed by atoms with Gasteiger partial charge in [0.1, 0.15) is 11.6 Å². The second-order valence-corrected chi connectivity index (χ2v) is 5.08. The van der Waals surface area contributed by atoms with Crippen LogP contribution in [0.15, 0.2) is 30.3 Å². The molecular formula is C16H22O2. The molecule has 1 unspecified atom stereocenters. The Morgan fingerprint density at radius 2 is 1.67 bits per heavy atom. The van der Waals surface area contributed by atoms with Crippen LogP contribution in [0.1, 0.15) is 39.2 Å². The Kier molecular flexibility index (Phi) is 5.76. The molecule has 0 aliphatic rings. The van der Waals surface area contributed by atoms with Gasteiger partial charge in [-0.15, -0.1) is 0 Å². The van der Waals surface area contributed by atoms with Crippen LogP contribution in [-0.2, 0) is 16.0 Å². The summed E-state index contributed by atoms with van der Waals surface area (Å²) in [6, 6.07) is 10.2. The fourth-order valence-corrected chi connectivity index (χ4v) is 2.07. The van der Waals surface area contributed by atoms with Crippen molar-refractivity contribution >= 4 is 11.6 Å². The summed E-state index contributed by atoms with van der Waals surface area (Å²) in [4.78, 5) is 22.9. The van der Waals surface area contributed by atoms with Crippen molar-refractivity contribution in [3.05, 3.63) is 35.9 Å². The normalized spacial score (nSPS) is 13.9. The highest BCUT2D eigenvalue weighted by atomic mass is 16.1. The Hall–Kier alpha value is -1.44. The van der Waals surface area contributed by atoms with Crippen LogP contribution in [0.2, 0.25) is 0 Å². The third kappa shape index (κ3) is 4.82. The van der Waals surface area contributed by atoms with Crippen LogP contribution in [0, 0.1) is 11.8 Å². The second kappa shape index (κ2) is 7.10. The predicted octanol–water partition coefficient (Wildman–Crippen LogP) is 3.44. The number of hydrogen-bond donors (Lipinski definition) is 0. The SMILES string of the molecule is CC(=O)C(CCc1ccccc1)C[C@@H](C)C(C)=O. The lowest BCUT2D eigenvalue weighted by atomic mass is 9.86. The molecule has 0 radical (unpaired) electrons. The summed E-state index contributed by atoms with van der Waals surface area (Å²) in [7, 11) is 0. The number of carbonyl (C=O) groups is 2. The molecule has 0 fully saturated rings. The number of benzene rings is 1. The molecule has 0 heterocycles. The topological polar surface area (TPSA) is 34.1 Å². The molecule has 0 bridgehead atoms. The predicted molar refractivity (Wildman–Crippen MR) is 73.4 cm³/mol. The van der Waals surface area contributed by atoms with E-state index in [4.69, 9.17) is 0 Å². The van der Waals surface area contributed by atoms with Crippen molar-refractivity contribution in [1.29, 1.82) is 0 Å². The van der Waals surface area contributed by atoms with Gasteiger partial charge in [-0.3, -0.25) is 9.59 Å². The van der Waals surface area contributed by atoms with Crippen molar-refractivity contribution in [2.45, 2.75) is 40.0 Å². The lowest BCUT2D eigenvalue weighted by molar-refractivity contribution is -0.123. The van der Waals surface area contributed by atoms with E-state index in [-0.39, 0.29) is 23.4 Å². The van der Waals surface area contributed by atoms with Crippen LogP contribution in [0.5, 0.6) is 0 Å². The van der Waals surface area contributed by atoms with Gasteiger partial charge in [0.2, 0.25) is 0 Å². The first-order valence-corrected chi connectivity index (χ1v) is 6.55. The highest BCUT2D eigenvalue weighted by molar-refractivity contribution is 5.81. The van der Waals surface area contributed by atoms with Crippen molar-refractivity contribution in [2.75, 3.05) is 0 Å². The van der Waals surface area contributed by atoms with E-state index in [2.05, 4.69) is 12.1 Å². The van der Waals surface area contributed by atoms with Crippen molar-refractivity contribution in [3.63, 3.8) is 0 Å². The molecule has 2 atom stereocenters. The van der Waals surface area contributed by atoms with E-state index >= 15 is 0 Å². The van der Waals surface area contributed by atoms with E-state index < -0.39 is 0 Å². The Labute approximate surface area is 109 Å². The molecule has 2 heteroatoms. The second-order valence-electron chi connectivity index (χ2n) is 5.08. The van der Waals surface area contributed by atoms with Gasteiger partial charge < -0.3 is 0 Å². The van der Waals surface area contributed by atoms with Gasteiger partial charge in [0.05, 0.1) is 0 Å². The van der Waals surface area contributed by atoms with Crippen LogP contribution in [0.4, 0.5) is 0 Å². The van der Waals surface area contributed by atoms with Crippen LogP contribution < -0.4 is 0 Å². The first-order valence-electron chi connectivity index (χ1n) is 6.55. The van der Waals surface area contributed by atoms with Crippen LogP contribution in [0.25, 0.3) is 0 Å². The molecular weight excluding hydrogens is 224 g/mol. The largest absolute Gasteiger partial charge is 0.300 e. The molecule has 0 aliphatic carbocycles. The van der Waals surface area contributed by atoms with Crippen LogP contribution in [-0.4, -0.2) is 11.6 Å². The fraction of sp³-hybridized carbons (Fsp3) is 0.500. The number of carbonyl (C=O) groups excluding carboxylic acids is 2. The van der Waals surface area contributed by atoms with Gasteiger partial charge >= 0.3 is 0 Å². The highest BCUT2D eigenvalue weighted by Crippen LogP contribution is 2.20. The van der Waals surface area contributed by atoms with E-state index in [1.807, 2.05) is 25.1 Å². The quantitative estimate of drug-likeness (QED) is 0.738. The lowest BCUT2D eigenvalue weighted by Crippen LogP contribution is -2.19. The molecule has 0 aliphatic heterocycles. The molecule has 0 N–H and O–H groups in total. The van der Waals surface area contributed by atoms with Crippen LogP contribution in [0.3, 0.4) is 0 Å². The van der Waals surface area contributed by atoms with E-state index in [1.54, 1.807) is 13.8 Å². The van der Waals surface area contributed by atoms with E-state index in [0.717, 1.165) is 12.8 Å². The number of aryl methyl sites for hydroxylation is 1. The summed E-state index contributed by atoms with van der Waals surface area (Å²) < 4.78 is 0. The van der Waals surface area contributed by atoms with Gasteiger partial charge in [-0.25, -0.2) is 0 Å². The summed E-state index contributed by atoms with van der Waals surface area (Å²) >= 11 is 0. The molecule has 2 nitrogen and oxygen atoms in total. The third-order valence-corrected chi connectivity index (χ3v) is 3.53. The van der Waals surface area contributed by atoms with Crippen molar-refractivity contribution in [1.82, 2.24) is 0 Å². The minimum atomic E-state index is -0.0188. The summed E-state index contributed by atoms with van der Waals surface area (Å²) in [5, 5.41) is 0. The Morgan fingerprint density at radius 1 is 1.06 bits per heavy atom. The maximum atomic E-state index is 11.6. The maximum Gasteiger partial charge on any atom is 0.132 e. The van der Waals surface area contributed by atoms with Gasteiger partial charge in [-0.2, -0.15) is 0 Å². The summed E-state index contributed by atoms with van der Waals surface area (Å²) in [6.45, 7) is 5.13. The Bertz CT molecular complexity index is 395. The summed E-state index contributed by atoms with van der Waals surface area (Å²) in [5.41, 5.74) is 1.25. The number of Topliss-reactive ketones (excluding diaryl/α,β-unsaturated/α-hetero) is 2. The first kappa shape index (κ1) is 14.6. The molecule has 0 spiro atoms. The molecule has 1 rings (SSSR count). The van der Waals surface area contributed by atoms with Gasteiger partial charge in [0, 0.05) is 11.8 Å². The average Bonchev–Trinajstić information content (AvgIpc) is 2.34. The molecule has 0 saturated heterocycles. The van der Waals surface area contributed by atoms with Gasteiger partial charge in [0.25, 0.3) is 0 Å². The number of hydrogen-bond acceptors (Lipinski definition) is 2. The maximum absolute atomic E-state index is 11.6. The Balaban J connectivity index is 2.53. The van der Waals surface area contributed by atoms with Gasteiger partial charge in [-0.1, -0.05) is 37.3 Å². The van der Waals surface area contributed by atoms with Crippen LogP contribution >= 0.6 is 0 Å². The van der Waals surface area contributed by atoms with Crippen molar-refractivity contribution in [2.24, 2.45) is 11.8 Å². The molecule has 18 heavy (non-hydrogen) atoms. The van der Waals surface area contributed by atoms with Gasteiger partial charge in [-0.05, 0) is 38.7 Å².